The Morgan fingerprint density at radius 1 is 1.12 bits per heavy atom. The number of para-hydroxylation sites is 1. The van der Waals surface area contributed by atoms with E-state index in [1.54, 1.807) is 17.4 Å². The van der Waals surface area contributed by atoms with Crippen LogP contribution in [0.25, 0.3) is 22.5 Å². The first kappa shape index (κ1) is 14.7. The molecule has 0 spiro atoms. The minimum Gasteiger partial charge on any atom is -0.453 e. The van der Waals surface area contributed by atoms with Gasteiger partial charge in [-0.15, -0.1) is 11.3 Å². The van der Waals surface area contributed by atoms with Crippen LogP contribution in [0.1, 0.15) is 10.6 Å². The number of nitrogens with zero attached hydrogens (tertiary/aromatic N) is 1. The third kappa shape index (κ3) is 3.09. The van der Waals surface area contributed by atoms with Crippen LogP contribution in [0.5, 0.6) is 0 Å². The third-order valence-electron chi connectivity index (χ3n) is 3.61. The van der Waals surface area contributed by atoms with Gasteiger partial charge in [0.2, 0.25) is 11.7 Å². The average Bonchev–Trinajstić information content (AvgIpc) is 3.32. The molecule has 0 aliphatic carbocycles. The van der Waals surface area contributed by atoms with Crippen molar-refractivity contribution in [2.24, 2.45) is 0 Å². The molecule has 0 saturated heterocycles. The van der Waals surface area contributed by atoms with Gasteiger partial charge in [0.15, 0.2) is 5.76 Å². The van der Waals surface area contributed by atoms with Crippen LogP contribution in [0.4, 0.5) is 0 Å². The molecule has 6 heteroatoms. The van der Waals surface area contributed by atoms with Crippen LogP contribution in [0.15, 0.2) is 62.9 Å². The smallest absolute Gasteiger partial charge is 0.226 e. The SMILES string of the molecule is O=C(Cc1cc(-c2cc3ccccc3o2)on1)NCc1cccs1. The third-order valence-corrected chi connectivity index (χ3v) is 4.49. The van der Waals surface area contributed by atoms with Gasteiger partial charge in [-0.3, -0.25) is 4.79 Å². The highest BCUT2D eigenvalue weighted by Crippen LogP contribution is 2.28. The van der Waals surface area contributed by atoms with Crippen LogP contribution in [-0.4, -0.2) is 11.1 Å². The number of carbonyl (C=O) groups excluding carboxylic acids is 1. The Morgan fingerprint density at radius 3 is 2.88 bits per heavy atom. The highest BCUT2D eigenvalue weighted by molar-refractivity contribution is 7.09. The quantitative estimate of drug-likeness (QED) is 0.597. The lowest BCUT2D eigenvalue weighted by Gasteiger charge is -2.00. The first-order valence-corrected chi connectivity index (χ1v) is 8.39. The number of hydrogen-bond donors (Lipinski definition) is 1. The zero-order valence-corrected chi connectivity index (χ0v) is 13.5. The minimum atomic E-state index is -0.0899. The summed E-state index contributed by atoms with van der Waals surface area (Å²) in [5, 5.41) is 9.81. The van der Waals surface area contributed by atoms with Gasteiger partial charge in [-0.2, -0.15) is 0 Å². The molecule has 1 N–H and O–H groups in total. The predicted octanol–water partition coefficient (Wildman–Crippen LogP) is 4.01. The van der Waals surface area contributed by atoms with Crippen molar-refractivity contribution >= 4 is 28.2 Å². The van der Waals surface area contributed by atoms with Gasteiger partial charge in [-0.1, -0.05) is 29.4 Å². The van der Waals surface area contributed by atoms with Crippen molar-refractivity contribution in [1.29, 1.82) is 0 Å². The van der Waals surface area contributed by atoms with E-state index in [0.29, 0.717) is 23.8 Å². The molecular formula is C18H14N2O3S. The van der Waals surface area contributed by atoms with Crippen LogP contribution in [0.2, 0.25) is 0 Å². The zero-order valence-electron chi connectivity index (χ0n) is 12.7. The number of nitrogens with one attached hydrogen (secondary N) is 1. The van der Waals surface area contributed by atoms with Crippen molar-refractivity contribution < 1.29 is 13.7 Å². The zero-order chi connectivity index (χ0) is 16.4. The lowest BCUT2D eigenvalue weighted by molar-refractivity contribution is -0.120. The van der Waals surface area contributed by atoms with E-state index in [-0.39, 0.29) is 12.3 Å². The first-order valence-electron chi connectivity index (χ1n) is 7.51. The summed E-state index contributed by atoms with van der Waals surface area (Å²) < 4.78 is 11.0. The summed E-state index contributed by atoms with van der Waals surface area (Å²) in [6.07, 6.45) is 0.176. The van der Waals surface area contributed by atoms with Crippen LogP contribution in [0.3, 0.4) is 0 Å². The number of rotatable bonds is 5. The van der Waals surface area contributed by atoms with Gasteiger partial charge in [-0.05, 0) is 23.6 Å². The van der Waals surface area contributed by atoms with E-state index < -0.39 is 0 Å². The fourth-order valence-electron chi connectivity index (χ4n) is 2.44. The number of benzene rings is 1. The summed E-state index contributed by atoms with van der Waals surface area (Å²) in [6.45, 7) is 0.533. The molecule has 0 atom stereocenters. The topological polar surface area (TPSA) is 68.3 Å². The van der Waals surface area contributed by atoms with Gasteiger partial charge < -0.3 is 14.3 Å². The molecule has 4 rings (SSSR count). The molecule has 1 aromatic carbocycles. The van der Waals surface area contributed by atoms with E-state index in [4.69, 9.17) is 8.94 Å². The van der Waals surface area contributed by atoms with Gasteiger partial charge in [0, 0.05) is 16.3 Å². The second-order valence-electron chi connectivity index (χ2n) is 5.36. The Kier molecular flexibility index (Phi) is 3.88. The standard InChI is InChI=1S/C18H14N2O3S/c21-18(19-11-14-5-3-7-24-14)10-13-9-17(23-20-13)16-8-12-4-1-2-6-15(12)22-16/h1-9H,10-11H2,(H,19,21). The summed E-state index contributed by atoms with van der Waals surface area (Å²) in [7, 11) is 0. The molecule has 120 valence electrons. The molecule has 24 heavy (non-hydrogen) atoms. The summed E-state index contributed by atoms with van der Waals surface area (Å²) in [5.74, 6) is 1.04. The fourth-order valence-corrected chi connectivity index (χ4v) is 3.08. The maximum atomic E-state index is 12.0. The van der Waals surface area contributed by atoms with Crippen molar-refractivity contribution in [2.45, 2.75) is 13.0 Å². The molecule has 3 heterocycles. The van der Waals surface area contributed by atoms with E-state index in [2.05, 4.69) is 10.5 Å². The maximum absolute atomic E-state index is 12.0. The Balaban J connectivity index is 1.43. The molecule has 0 aliphatic rings. The number of furan rings is 1. The Hall–Kier alpha value is -2.86. The fraction of sp³-hybridized carbons (Fsp3) is 0.111. The van der Waals surface area contributed by atoms with Gasteiger partial charge in [0.1, 0.15) is 5.58 Å². The van der Waals surface area contributed by atoms with Crippen molar-refractivity contribution in [2.75, 3.05) is 0 Å². The van der Waals surface area contributed by atoms with Crippen molar-refractivity contribution in [3.05, 3.63) is 64.5 Å². The summed E-state index contributed by atoms with van der Waals surface area (Å²) in [5.41, 5.74) is 1.37. The molecule has 0 aliphatic heterocycles. The molecule has 0 fully saturated rings. The largest absolute Gasteiger partial charge is 0.453 e. The number of aromatic nitrogens is 1. The van der Waals surface area contributed by atoms with Gasteiger partial charge >= 0.3 is 0 Å². The number of thiophene rings is 1. The average molecular weight is 338 g/mol. The number of carbonyl (C=O) groups is 1. The molecule has 0 saturated carbocycles. The summed E-state index contributed by atoms with van der Waals surface area (Å²) in [6, 6.07) is 15.3. The van der Waals surface area contributed by atoms with E-state index in [1.165, 1.54) is 0 Å². The Bertz CT molecular complexity index is 936. The van der Waals surface area contributed by atoms with Gasteiger partial charge in [0.05, 0.1) is 18.7 Å². The number of fused-ring (bicyclic) bond motifs is 1. The second kappa shape index (κ2) is 6.33. The molecule has 3 aromatic heterocycles. The van der Waals surface area contributed by atoms with Gasteiger partial charge in [-0.25, -0.2) is 0 Å². The molecule has 4 aromatic rings. The molecule has 0 bridgehead atoms. The Morgan fingerprint density at radius 2 is 2.04 bits per heavy atom. The summed E-state index contributed by atoms with van der Waals surface area (Å²) >= 11 is 1.61. The van der Waals surface area contributed by atoms with Crippen molar-refractivity contribution in [3.63, 3.8) is 0 Å². The normalized spacial score (nSPS) is 11.0. The first-order chi connectivity index (χ1) is 11.8. The van der Waals surface area contributed by atoms with Gasteiger partial charge in [0.25, 0.3) is 0 Å². The highest BCUT2D eigenvalue weighted by atomic mass is 32.1. The maximum Gasteiger partial charge on any atom is 0.226 e. The number of amides is 1. The molecule has 0 unspecified atom stereocenters. The minimum absolute atomic E-state index is 0.0899. The lowest BCUT2D eigenvalue weighted by atomic mass is 10.2. The number of hydrogen-bond acceptors (Lipinski definition) is 5. The van der Waals surface area contributed by atoms with Crippen LogP contribution >= 0.6 is 11.3 Å². The van der Waals surface area contributed by atoms with Crippen molar-refractivity contribution in [3.8, 4) is 11.5 Å². The highest BCUT2D eigenvalue weighted by Gasteiger charge is 2.14. The van der Waals surface area contributed by atoms with Crippen LogP contribution in [0, 0.1) is 0 Å². The van der Waals surface area contributed by atoms with Crippen LogP contribution < -0.4 is 5.32 Å². The van der Waals surface area contributed by atoms with Crippen LogP contribution in [-0.2, 0) is 17.8 Å². The monoisotopic (exact) mass is 338 g/mol. The lowest BCUT2D eigenvalue weighted by Crippen LogP contribution is -2.24. The van der Waals surface area contributed by atoms with E-state index in [1.807, 2.05) is 47.8 Å². The summed E-state index contributed by atoms with van der Waals surface area (Å²) in [4.78, 5) is 13.1. The van der Waals surface area contributed by atoms with E-state index in [0.717, 1.165) is 15.8 Å². The van der Waals surface area contributed by atoms with E-state index >= 15 is 0 Å². The second-order valence-corrected chi connectivity index (χ2v) is 6.40. The molecule has 0 radical (unpaired) electrons. The molecule has 5 nitrogen and oxygen atoms in total. The van der Waals surface area contributed by atoms with Crippen molar-refractivity contribution in [1.82, 2.24) is 10.5 Å². The predicted molar refractivity (Wildman–Crippen MR) is 91.6 cm³/mol. The van der Waals surface area contributed by atoms with E-state index in [9.17, 15) is 4.79 Å². The Labute approximate surface area is 141 Å². The molecular weight excluding hydrogens is 324 g/mol. The molecule has 1 amide bonds.